The van der Waals surface area contributed by atoms with Crippen molar-refractivity contribution in [3.05, 3.63) is 0 Å². The van der Waals surface area contributed by atoms with Gasteiger partial charge >= 0.3 is 5.97 Å². The number of carbonyl (C=O) groups is 1. The third-order valence-corrected chi connectivity index (χ3v) is 1.72. The van der Waals surface area contributed by atoms with Gasteiger partial charge in [0.05, 0.1) is 0 Å². The average molecular weight is 174 g/mol. The number of carbonyl (C=O) groups excluding carboxylic acids is 1. The summed E-state index contributed by atoms with van der Waals surface area (Å²) < 4.78 is 0. The van der Waals surface area contributed by atoms with Crippen LogP contribution >= 0.6 is 0 Å². The van der Waals surface area contributed by atoms with Crippen LogP contribution in [-0.4, -0.2) is 12.5 Å². The summed E-state index contributed by atoms with van der Waals surface area (Å²) in [6.07, 6.45) is 5.69. The highest BCUT2D eigenvalue weighted by Gasteiger charge is 1.99. The largest absolute Gasteiger partial charge is 0.373 e. The maximum atomic E-state index is 10.5. The molecule has 12 heavy (non-hydrogen) atoms. The molecule has 0 aromatic rings. The van der Waals surface area contributed by atoms with E-state index in [1.807, 2.05) is 0 Å². The van der Waals surface area contributed by atoms with Gasteiger partial charge in [-0.3, -0.25) is 4.79 Å². The summed E-state index contributed by atoms with van der Waals surface area (Å²) in [4.78, 5) is 14.6. The zero-order valence-electron chi connectivity index (χ0n) is 7.42. The van der Waals surface area contributed by atoms with Gasteiger partial charge in [-0.2, -0.15) is 5.90 Å². The molecule has 0 unspecified atom stereocenters. The second-order valence-corrected chi connectivity index (χ2v) is 2.80. The molecule has 0 saturated heterocycles. The molecular formula is C8H18N2O2. The van der Waals surface area contributed by atoms with E-state index in [1.54, 1.807) is 0 Å². The molecule has 0 fully saturated rings. The van der Waals surface area contributed by atoms with Crippen LogP contribution in [0, 0.1) is 0 Å². The van der Waals surface area contributed by atoms with Crippen LogP contribution in [0.5, 0.6) is 0 Å². The maximum absolute atomic E-state index is 10.5. The molecular weight excluding hydrogens is 156 g/mol. The molecule has 0 bridgehead atoms. The van der Waals surface area contributed by atoms with Gasteiger partial charge in [-0.05, 0) is 19.4 Å². The summed E-state index contributed by atoms with van der Waals surface area (Å²) in [7, 11) is 0. The van der Waals surface area contributed by atoms with Gasteiger partial charge in [-0.1, -0.05) is 19.3 Å². The van der Waals surface area contributed by atoms with Crippen LogP contribution in [0.3, 0.4) is 0 Å². The molecule has 4 heteroatoms. The first-order valence-electron chi connectivity index (χ1n) is 4.41. The van der Waals surface area contributed by atoms with E-state index in [4.69, 9.17) is 5.73 Å². The normalized spacial score (nSPS) is 9.83. The Labute approximate surface area is 73.2 Å². The molecule has 0 amide bonds. The zero-order valence-corrected chi connectivity index (χ0v) is 7.42. The SMILES string of the molecule is NCCCCCCCC(=O)ON. The van der Waals surface area contributed by atoms with Gasteiger partial charge in [0, 0.05) is 6.42 Å². The van der Waals surface area contributed by atoms with Crippen molar-refractivity contribution in [1.82, 2.24) is 0 Å². The molecule has 0 rings (SSSR count). The Morgan fingerprint density at radius 3 is 2.25 bits per heavy atom. The second-order valence-electron chi connectivity index (χ2n) is 2.80. The summed E-state index contributed by atoms with van der Waals surface area (Å²) in [5, 5.41) is 0. The van der Waals surface area contributed by atoms with Crippen molar-refractivity contribution in [2.75, 3.05) is 6.54 Å². The quantitative estimate of drug-likeness (QED) is 0.440. The smallest absolute Gasteiger partial charge is 0.324 e. The summed E-state index contributed by atoms with van der Waals surface area (Å²) in [6.45, 7) is 0.755. The number of nitrogens with two attached hydrogens (primary N) is 2. The lowest BCUT2D eigenvalue weighted by molar-refractivity contribution is -0.144. The van der Waals surface area contributed by atoms with Crippen molar-refractivity contribution in [2.24, 2.45) is 11.6 Å². The Balaban J connectivity index is 2.95. The van der Waals surface area contributed by atoms with Crippen molar-refractivity contribution in [3.8, 4) is 0 Å². The van der Waals surface area contributed by atoms with Gasteiger partial charge < -0.3 is 10.6 Å². The minimum absolute atomic E-state index is 0.325. The highest BCUT2D eigenvalue weighted by atomic mass is 16.7. The van der Waals surface area contributed by atoms with Crippen LogP contribution in [-0.2, 0) is 9.63 Å². The standard InChI is InChI=1S/C8H18N2O2/c9-7-5-3-1-2-4-6-8(11)12-10/h1-7,9-10H2. The molecule has 4 nitrogen and oxygen atoms in total. The molecule has 0 spiro atoms. The molecule has 0 aliphatic carbocycles. The Hall–Kier alpha value is -0.610. The van der Waals surface area contributed by atoms with Crippen LogP contribution in [0.2, 0.25) is 0 Å². The molecule has 72 valence electrons. The zero-order chi connectivity index (χ0) is 9.23. The Bertz CT molecular complexity index is 118. The van der Waals surface area contributed by atoms with E-state index in [1.165, 1.54) is 0 Å². The lowest BCUT2D eigenvalue weighted by Gasteiger charge is -1.98. The number of hydrogen-bond acceptors (Lipinski definition) is 4. The molecule has 0 saturated carbocycles. The van der Waals surface area contributed by atoms with Gasteiger partial charge in [0.1, 0.15) is 0 Å². The monoisotopic (exact) mass is 174 g/mol. The minimum Gasteiger partial charge on any atom is -0.373 e. The summed E-state index contributed by atoms with van der Waals surface area (Å²) >= 11 is 0. The molecule has 4 N–H and O–H groups in total. The van der Waals surface area contributed by atoms with Crippen LogP contribution in [0.4, 0.5) is 0 Å². The van der Waals surface area contributed by atoms with Crippen LogP contribution in [0.25, 0.3) is 0 Å². The topological polar surface area (TPSA) is 78.3 Å². The first kappa shape index (κ1) is 11.4. The lowest BCUT2D eigenvalue weighted by atomic mass is 10.1. The Morgan fingerprint density at radius 2 is 1.67 bits per heavy atom. The predicted octanol–water partition coefficient (Wildman–Crippen LogP) is 0.703. The Morgan fingerprint density at radius 1 is 1.08 bits per heavy atom. The minimum atomic E-state index is -0.325. The van der Waals surface area contributed by atoms with Gasteiger partial charge in [0.25, 0.3) is 0 Å². The molecule has 0 aromatic heterocycles. The highest BCUT2D eigenvalue weighted by molar-refractivity contribution is 5.68. The first-order chi connectivity index (χ1) is 5.81. The predicted molar refractivity (Wildman–Crippen MR) is 47.0 cm³/mol. The molecule has 0 aromatic carbocycles. The van der Waals surface area contributed by atoms with E-state index in [0.29, 0.717) is 6.42 Å². The fraction of sp³-hybridized carbons (Fsp3) is 0.875. The Kier molecular flexibility index (Phi) is 8.05. The van der Waals surface area contributed by atoms with Crippen molar-refractivity contribution in [2.45, 2.75) is 38.5 Å². The van der Waals surface area contributed by atoms with Gasteiger partial charge in [0.2, 0.25) is 0 Å². The van der Waals surface area contributed by atoms with E-state index in [9.17, 15) is 4.79 Å². The van der Waals surface area contributed by atoms with Crippen LogP contribution < -0.4 is 11.6 Å². The van der Waals surface area contributed by atoms with E-state index in [2.05, 4.69) is 10.7 Å². The first-order valence-corrected chi connectivity index (χ1v) is 4.41. The second kappa shape index (κ2) is 8.49. The van der Waals surface area contributed by atoms with Crippen LogP contribution in [0.15, 0.2) is 0 Å². The van der Waals surface area contributed by atoms with Gasteiger partial charge in [-0.15, -0.1) is 0 Å². The lowest BCUT2D eigenvalue weighted by Crippen LogP contribution is -2.09. The summed E-state index contributed by atoms with van der Waals surface area (Å²) in [6, 6.07) is 0. The van der Waals surface area contributed by atoms with Crippen LogP contribution in [0.1, 0.15) is 38.5 Å². The molecule has 0 heterocycles. The van der Waals surface area contributed by atoms with Gasteiger partial charge in [0.15, 0.2) is 0 Å². The maximum Gasteiger partial charge on any atom is 0.324 e. The van der Waals surface area contributed by atoms with Gasteiger partial charge in [-0.25, -0.2) is 0 Å². The third kappa shape index (κ3) is 7.50. The van der Waals surface area contributed by atoms with E-state index >= 15 is 0 Å². The average Bonchev–Trinajstić information content (AvgIpc) is 2.10. The third-order valence-electron chi connectivity index (χ3n) is 1.72. The molecule has 0 aliphatic rings. The molecule has 0 atom stereocenters. The van der Waals surface area contributed by atoms with E-state index in [-0.39, 0.29) is 5.97 Å². The number of hydrogen-bond donors (Lipinski definition) is 2. The summed E-state index contributed by atoms with van der Waals surface area (Å²) in [5.41, 5.74) is 5.32. The molecule has 0 radical (unpaired) electrons. The van der Waals surface area contributed by atoms with Crippen molar-refractivity contribution < 1.29 is 9.63 Å². The van der Waals surface area contributed by atoms with E-state index in [0.717, 1.165) is 38.6 Å². The molecule has 0 aliphatic heterocycles. The van der Waals surface area contributed by atoms with E-state index < -0.39 is 0 Å². The summed E-state index contributed by atoms with van der Waals surface area (Å²) in [5.74, 6) is 4.34. The number of unbranched alkanes of at least 4 members (excludes halogenated alkanes) is 4. The fourth-order valence-electron chi connectivity index (χ4n) is 1.00. The van der Waals surface area contributed by atoms with Crippen molar-refractivity contribution in [1.29, 1.82) is 0 Å². The highest BCUT2D eigenvalue weighted by Crippen LogP contribution is 2.04. The number of rotatable bonds is 7. The van der Waals surface area contributed by atoms with Crippen molar-refractivity contribution >= 4 is 5.97 Å². The fourth-order valence-corrected chi connectivity index (χ4v) is 1.00. The van der Waals surface area contributed by atoms with Crippen molar-refractivity contribution in [3.63, 3.8) is 0 Å².